The summed E-state index contributed by atoms with van der Waals surface area (Å²) in [6, 6.07) is 0. The summed E-state index contributed by atoms with van der Waals surface area (Å²) in [6.07, 6.45) is 0.628. The van der Waals surface area contributed by atoms with Gasteiger partial charge in [-0.3, -0.25) is 9.59 Å². The molecule has 0 aromatic rings. The van der Waals surface area contributed by atoms with Crippen LogP contribution in [0.2, 0.25) is 0 Å². The van der Waals surface area contributed by atoms with Gasteiger partial charge in [0.25, 0.3) is 0 Å². The van der Waals surface area contributed by atoms with Crippen LogP contribution in [0.4, 0.5) is 0 Å². The van der Waals surface area contributed by atoms with E-state index in [0.717, 1.165) is 0 Å². The van der Waals surface area contributed by atoms with Crippen molar-refractivity contribution in [2.45, 2.75) is 48.0 Å². The summed E-state index contributed by atoms with van der Waals surface area (Å²) in [5, 5.41) is 9.27. The van der Waals surface area contributed by atoms with Gasteiger partial charge in [-0.25, -0.2) is 0 Å². The number of aliphatic hydroxyl groups excluding tert-OH is 1. The highest BCUT2D eigenvalue weighted by atomic mass is 16.5. The summed E-state index contributed by atoms with van der Waals surface area (Å²) in [4.78, 5) is 24.7. The van der Waals surface area contributed by atoms with E-state index in [9.17, 15) is 14.7 Å². The van der Waals surface area contributed by atoms with Crippen molar-refractivity contribution in [3.63, 3.8) is 0 Å². The molecular weight excluding hydrogens is 296 g/mol. The summed E-state index contributed by atoms with van der Waals surface area (Å²) < 4.78 is 10.4. The number of aliphatic hydroxyl groups is 1. The Morgan fingerprint density at radius 3 is 2.13 bits per heavy atom. The van der Waals surface area contributed by atoms with Crippen LogP contribution in [0, 0.1) is 34.5 Å². The monoisotopic (exact) mass is 328 g/mol. The summed E-state index contributed by atoms with van der Waals surface area (Å²) in [5.41, 5.74) is -0.546. The van der Waals surface area contributed by atoms with E-state index in [-0.39, 0.29) is 54.2 Å². The highest BCUT2D eigenvalue weighted by Gasteiger charge is 2.52. The van der Waals surface area contributed by atoms with Gasteiger partial charge in [0.15, 0.2) is 0 Å². The van der Waals surface area contributed by atoms with Gasteiger partial charge < -0.3 is 14.6 Å². The molecule has 1 aliphatic rings. The molecular formula is C18H32O5. The molecule has 5 nitrogen and oxygen atoms in total. The Hall–Kier alpha value is -1.10. The van der Waals surface area contributed by atoms with Crippen molar-refractivity contribution in [1.29, 1.82) is 0 Å². The molecule has 0 saturated heterocycles. The van der Waals surface area contributed by atoms with Crippen molar-refractivity contribution in [1.82, 2.24) is 0 Å². The quantitative estimate of drug-likeness (QED) is 0.786. The number of ether oxygens (including phenoxy) is 2. The molecule has 1 unspecified atom stereocenters. The lowest BCUT2D eigenvalue weighted by molar-refractivity contribution is -0.154. The van der Waals surface area contributed by atoms with Gasteiger partial charge in [0.2, 0.25) is 0 Å². The standard InChI is InChI=1S/C18H32O5/c1-11-12(15(20)23-10-18(5,6)9-19)8-13(17(2,3)4)14(11)16(21)22-7/h11-14,19H,8-10H2,1-7H3/t11-,12?,13+,14+/m1/s1. The average Bonchev–Trinajstić information content (AvgIpc) is 2.81. The minimum Gasteiger partial charge on any atom is -0.469 e. The molecule has 0 bridgehead atoms. The third-order valence-electron chi connectivity index (χ3n) is 5.06. The number of methoxy groups -OCH3 is 1. The molecule has 0 heterocycles. The predicted octanol–water partition coefficient (Wildman–Crippen LogP) is 2.66. The smallest absolute Gasteiger partial charge is 0.309 e. The van der Waals surface area contributed by atoms with Crippen LogP contribution in [0.3, 0.4) is 0 Å². The first-order valence-corrected chi connectivity index (χ1v) is 8.30. The Morgan fingerprint density at radius 2 is 1.70 bits per heavy atom. The van der Waals surface area contributed by atoms with E-state index < -0.39 is 5.41 Å². The van der Waals surface area contributed by atoms with Gasteiger partial charge in [-0.15, -0.1) is 0 Å². The number of hydrogen-bond acceptors (Lipinski definition) is 5. The first kappa shape index (κ1) is 19.9. The molecule has 0 aromatic heterocycles. The van der Waals surface area contributed by atoms with Crippen molar-refractivity contribution in [2.24, 2.45) is 34.5 Å². The maximum absolute atomic E-state index is 12.5. The van der Waals surface area contributed by atoms with Crippen molar-refractivity contribution in [2.75, 3.05) is 20.3 Å². The van der Waals surface area contributed by atoms with Crippen molar-refractivity contribution >= 4 is 11.9 Å². The summed E-state index contributed by atoms with van der Waals surface area (Å²) >= 11 is 0. The molecule has 0 aliphatic heterocycles. The van der Waals surface area contributed by atoms with Crippen LogP contribution in [0.25, 0.3) is 0 Å². The molecule has 1 rings (SSSR count). The van der Waals surface area contributed by atoms with E-state index in [1.807, 2.05) is 20.8 Å². The third kappa shape index (κ3) is 4.69. The minimum atomic E-state index is -0.456. The van der Waals surface area contributed by atoms with Crippen LogP contribution in [0.1, 0.15) is 48.0 Å². The maximum atomic E-state index is 12.5. The topological polar surface area (TPSA) is 72.8 Å². The SMILES string of the molecule is COC(=O)[C@H]1[C@H](C)C(C(=O)OCC(C)(C)CO)C[C@@H]1C(C)(C)C. The Balaban J connectivity index is 2.89. The predicted molar refractivity (Wildman–Crippen MR) is 87.5 cm³/mol. The number of carbonyl (C=O) groups excluding carboxylic acids is 2. The van der Waals surface area contributed by atoms with E-state index in [1.165, 1.54) is 7.11 Å². The van der Waals surface area contributed by atoms with Crippen LogP contribution in [-0.2, 0) is 19.1 Å². The van der Waals surface area contributed by atoms with E-state index in [2.05, 4.69) is 20.8 Å². The summed E-state index contributed by atoms with van der Waals surface area (Å²) in [7, 11) is 1.39. The Bertz CT molecular complexity index is 435. The van der Waals surface area contributed by atoms with E-state index in [4.69, 9.17) is 9.47 Å². The van der Waals surface area contributed by atoms with E-state index >= 15 is 0 Å². The fourth-order valence-corrected chi connectivity index (χ4v) is 3.39. The first-order valence-electron chi connectivity index (χ1n) is 8.30. The zero-order chi connectivity index (χ0) is 18.0. The van der Waals surface area contributed by atoms with Crippen LogP contribution >= 0.6 is 0 Å². The van der Waals surface area contributed by atoms with Gasteiger partial charge in [-0.1, -0.05) is 41.5 Å². The molecule has 0 radical (unpaired) electrons. The van der Waals surface area contributed by atoms with Crippen molar-refractivity contribution < 1.29 is 24.2 Å². The number of hydrogen-bond donors (Lipinski definition) is 1. The van der Waals surface area contributed by atoms with Gasteiger partial charge in [0, 0.05) is 5.41 Å². The fraction of sp³-hybridized carbons (Fsp3) is 0.889. The molecule has 5 heteroatoms. The zero-order valence-electron chi connectivity index (χ0n) is 15.5. The van der Waals surface area contributed by atoms with Crippen LogP contribution < -0.4 is 0 Å². The van der Waals surface area contributed by atoms with Crippen LogP contribution in [-0.4, -0.2) is 37.4 Å². The molecule has 0 spiro atoms. The highest BCUT2D eigenvalue weighted by molar-refractivity contribution is 5.78. The second-order valence-electron chi connectivity index (χ2n) is 8.65. The Kier molecular flexibility index (Phi) is 6.25. The van der Waals surface area contributed by atoms with Gasteiger partial charge in [-0.2, -0.15) is 0 Å². The fourth-order valence-electron chi connectivity index (χ4n) is 3.39. The van der Waals surface area contributed by atoms with Crippen LogP contribution in [0.5, 0.6) is 0 Å². The number of rotatable bonds is 5. The molecule has 4 atom stereocenters. The molecule has 134 valence electrons. The van der Waals surface area contributed by atoms with Crippen molar-refractivity contribution in [3.05, 3.63) is 0 Å². The molecule has 0 amide bonds. The lowest BCUT2D eigenvalue weighted by atomic mass is 9.73. The maximum Gasteiger partial charge on any atom is 0.309 e. The molecule has 0 aromatic carbocycles. The van der Waals surface area contributed by atoms with Crippen LogP contribution in [0.15, 0.2) is 0 Å². The lowest BCUT2D eigenvalue weighted by Gasteiger charge is -2.31. The molecule has 1 saturated carbocycles. The average molecular weight is 328 g/mol. The van der Waals surface area contributed by atoms with Gasteiger partial charge in [0.1, 0.15) is 0 Å². The summed E-state index contributed by atoms with van der Waals surface area (Å²) in [5.74, 6) is -1.16. The molecule has 1 aliphatic carbocycles. The number of carbonyl (C=O) groups is 2. The molecule has 1 fully saturated rings. The normalized spacial score (nSPS) is 28.5. The van der Waals surface area contributed by atoms with Gasteiger partial charge >= 0.3 is 11.9 Å². The van der Waals surface area contributed by atoms with E-state index in [0.29, 0.717) is 6.42 Å². The van der Waals surface area contributed by atoms with E-state index in [1.54, 1.807) is 0 Å². The Morgan fingerprint density at radius 1 is 1.13 bits per heavy atom. The lowest BCUT2D eigenvalue weighted by Crippen LogP contribution is -2.33. The first-order chi connectivity index (χ1) is 10.4. The summed E-state index contributed by atoms with van der Waals surface area (Å²) in [6.45, 7) is 12.0. The third-order valence-corrected chi connectivity index (χ3v) is 5.06. The van der Waals surface area contributed by atoms with Crippen molar-refractivity contribution in [3.8, 4) is 0 Å². The number of esters is 2. The zero-order valence-corrected chi connectivity index (χ0v) is 15.5. The highest BCUT2D eigenvalue weighted by Crippen LogP contribution is 2.50. The second-order valence-corrected chi connectivity index (χ2v) is 8.65. The largest absolute Gasteiger partial charge is 0.469 e. The van der Waals surface area contributed by atoms with Gasteiger partial charge in [0.05, 0.1) is 32.2 Å². The molecule has 1 N–H and O–H groups in total. The Labute approximate surface area is 139 Å². The van der Waals surface area contributed by atoms with Gasteiger partial charge in [-0.05, 0) is 23.7 Å². The second kappa shape index (κ2) is 7.20. The minimum absolute atomic E-state index is 0.0457. The molecule has 23 heavy (non-hydrogen) atoms.